The maximum atomic E-state index is 13.7. The summed E-state index contributed by atoms with van der Waals surface area (Å²) in [5.41, 5.74) is 6.32. The van der Waals surface area contributed by atoms with Crippen molar-refractivity contribution < 1.29 is 28.7 Å². The second-order valence-corrected chi connectivity index (χ2v) is 16.5. The van der Waals surface area contributed by atoms with E-state index in [0.717, 1.165) is 58.9 Å². The third-order valence-electron chi connectivity index (χ3n) is 11.7. The molecular weight excluding hydrogens is 772 g/mol. The molecule has 0 radical (unpaired) electrons. The zero-order valence-corrected chi connectivity index (χ0v) is 34.9. The monoisotopic (exact) mass is 820 g/mol. The molecule has 2 aromatic heterocycles. The lowest BCUT2D eigenvalue weighted by atomic mass is 9.91. The molecule has 2 fully saturated rings. The van der Waals surface area contributed by atoms with Crippen LogP contribution in [0.1, 0.15) is 89.1 Å². The van der Waals surface area contributed by atoms with E-state index in [0.29, 0.717) is 46.5 Å². The van der Waals surface area contributed by atoms with Crippen molar-refractivity contribution in [3.8, 4) is 28.3 Å². The Bertz CT molecular complexity index is 2470. The number of methoxy groups -OCH3 is 2. The molecule has 7 rings (SSSR count). The number of carbonyl (C=O) groups is 4. The van der Waals surface area contributed by atoms with E-state index in [1.807, 2.05) is 69.0 Å². The van der Waals surface area contributed by atoms with Crippen LogP contribution < -0.4 is 5.32 Å². The smallest absolute Gasteiger partial charge is 0.407 e. The van der Waals surface area contributed by atoms with Crippen LogP contribution in [0.4, 0.5) is 4.79 Å². The van der Waals surface area contributed by atoms with E-state index in [2.05, 4.69) is 21.4 Å². The molecule has 0 unspecified atom stereocenters. The largest absolute Gasteiger partial charge is 0.469 e. The SMILES string of the molecule is COC(=O)C[C@H](C(=O)N1CCC[C@H]1c1nc2ccc(-c3cc(C#N)c(-c4ccc5nc([C@@H]6CCCN6C(=O)[C@@H](NC(=O)OC)C(C)C)[nH]c5c4)cc3Cl)cc2[nH]1)C(C)C. The van der Waals surface area contributed by atoms with Crippen LogP contribution in [0, 0.1) is 29.1 Å². The number of H-pyrrole nitrogens is 2. The summed E-state index contributed by atoms with van der Waals surface area (Å²) in [7, 11) is 2.61. The van der Waals surface area contributed by atoms with Crippen molar-refractivity contribution in [2.45, 2.75) is 77.9 Å². The van der Waals surface area contributed by atoms with Crippen LogP contribution in [-0.2, 0) is 23.9 Å². The minimum atomic E-state index is -0.737. The van der Waals surface area contributed by atoms with E-state index in [-0.39, 0.29) is 42.2 Å². The van der Waals surface area contributed by atoms with Gasteiger partial charge in [-0.25, -0.2) is 14.8 Å². The molecule has 0 saturated carbocycles. The van der Waals surface area contributed by atoms with Crippen LogP contribution in [0.25, 0.3) is 44.3 Å². The molecule has 3 amide bonds. The van der Waals surface area contributed by atoms with Crippen LogP contribution in [0.2, 0.25) is 5.02 Å². The Morgan fingerprint density at radius 1 is 0.814 bits per heavy atom. The minimum absolute atomic E-state index is 0.0319. The Balaban J connectivity index is 1.13. The summed E-state index contributed by atoms with van der Waals surface area (Å²) >= 11 is 7.00. The first-order valence-corrected chi connectivity index (χ1v) is 20.5. The number of hydrogen-bond acceptors (Lipinski definition) is 9. The van der Waals surface area contributed by atoms with Crippen molar-refractivity contribution in [2.75, 3.05) is 27.3 Å². The van der Waals surface area contributed by atoms with Crippen molar-refractivity contribution in [2.24, 2.45) is 17.8 Å². The standard InChI is InChI=1S/C44H49ClN8O6/c1-23(2)28(21-38(54)58-5)42(55)52-15-7-9-36(52)40-47-33-14-12-26(19-35(33)50-40)30-17-27(22-46)29(20-31(30)45)25-11-13-32-34(18-25)49-41(48-32)37-10-8-16-53(37)43(56)39(24(3)4)51-44(57)59-6/h11-14,17-20,23-24,28,36-37,39H,7-10,15-16,21H2,1-6H3,(H,47,50)(H,48,49)(H,51,57)/t28-,36-,37-,39-/m0/s1. The second kappa shape index (κ2) is 17.1. The lowest BCUT2D eigenvalue weighted by Crippen LogP contribution is -2.51. The molecule has 14 nitrogen and oxygen atoms in total. The Morgan fingerprint density at radius 3 is 1.88 bits per heavy atom. The van der Waals surface area contributed by atoms with Crippen LogP contribution in [-0.4, -0.2) is 87.0 Å². The number of likely N-dealkylation sites (tertiary alicyclic amines) is 2. The number of ether oxygens (including phenoxy) is 2. The van der Waals surface area contributed by atoms with Crippen LogP contribution in [0.5, 0.6) is 0 Å². The lowest BCUT2D eigenvalue weighted by Gasteiger charge is -2.29. The number of nitriles is 1. The van der Waals surface area contributed by atoms with Gasteiger partial charge in [-0.2, -0.15) is 5.26 Å². The highest BCUT2D eigenvalue weighted by atomic mass is 35.5. The van der Waals surface area contributed by atoms with Gasteiger partial charge < -0.3 is 34.6 Å². The number of benzene rings is 3. The second-order valence-electron chi connectivity index (χ2n) is 16.1. The van der Waals surface area contributed by atoms with Crippen molar-refractivity contribution >= 4 is 57.5 Å². The number of amides is 3. The van der Waals surface area contributed by atoms with Crippen molar-refractivity contribution in [1.29, 1.82) is 5.26 Å². The molecule has 3 aromatic carbocycles. The fraction of sp³-hybridized carbons (Fsp3) is 0.432. The van der Waals surface area contributed by atoms with Gasteiger partial charge in [-0.1, -0.05) is 51.4 Å². The fourth-order valence-corrected chi connectivity index (χ4v) is 8.70. The molecule has 4 heterocycles. The van der Waals surface area contributed by atoms with Crippen molar-refractivity contribution in [3.05, 3.63) is 70.8 Å². The van der Waals surface area contributed by atoms with Crippen molar-refractivity contribution in [1.82, 2.24) is 35.1 Å². The van der Waals surface area contributed by atoms with Crippen molar-refractivity contribution in [3.63, 3.8) is 0 Å². The summed E-state index contributed by atoms with van der Waals surface area (Å²) in [6.07, 6.45) is 2.47. The van der Waals surface area contributed by atoms with E-state index in [9.17, 15) is 24.4 Å². The summed E-state index contributed by atoms with van der Waals surface area (Å²) in [4.78, 5) is 71.8. The van der Waals surface area contributed by atoms with E-state index in [4.69, 9.17) is 31.0 Å². The number of esters is 1. The molecule has 5 aromatic rings. The van der Waals surface area contributed by atoms with Gasteiger partial charge >= 0.3 is 12.1 Å². The molecule has 0 spiro atoms. The highest BCUT2D eigenvalue weighted by molar-refractivity contribution is 6.33. The molecule has 0 aliphatic carbocycles. The van der Waals surface area contributed by atoms with E-state index in [1.165, 1.54) is 14.2 Å². The Morgan fingerprint density at radius 2 is 1.37 bits per heavy atom. The number of carbonyl (C=O) groups excluding carboxylic acids is 4. The topological polar surface area (TPSA) is 186 Å². The first-order valence-electron chi connectivity index (χ1n) is 20.1. The predicted octanol–water partition coefficient (Wildman–Crippen LogP) is 7.84. The number of nitrogens with one attached hydrogen (secondary N) is 3. The quantitative estimate of drug-likeness (QED) is 0.112. The van der Waals surface area contributed by atoms with Gasteiger partial charge in [-0.05, 0) is 85.0 Å². The Labute approximate surface area is 347 Å². The number of halogens is 1. The normalized spacial score (nSPS) is 17.8. The van der Waals surface area contributed by atoms with Gasteiger partial charge in [-0.3, -0.25) is 14.4 Å². The number of rotatable bonds is 11. The van der Waals surface area contributed by atoms with Crippen LogP contribution >= 0.6 is 11.6 Å². The summed E-state index contributed by atoms with van der Waals surface area (Å²) in [5.74, 6) is 0.00433. The molecule has 2 aliphatic heterocycles. The van der Waals surface area contributed by atoms with Crippen LogP contribution in [0.3, 0.4) is 0 Å². The Hall–Kier alpha value is -5.94. The lowest BCUT2D eigenvalue weighted by molar-refractivity contribution is -0.148. The summed E-state index contributed by atoms with van der Waals surface area (Å²) in [6.45, 7) is 8.77. The summed E-state index contributed by atoms with van der Waals surface area (Å²) in [6, 6.07) is 16.2. The molecule has 0 bridgehead atoms. The molecule has 2 saturated heterocycles. The Kier molecular flexibility index (Phi) is 12.0. The van der Waals surface area contributed by atoms with Gasteiger partial charge in [0.1, 0.15) is 17.7 Å². The number of nitrogens with zero attached hydrogens (tertiary/aromatic N) is 5. The molecule has 308 valence electrons. The number of hydrogen-bond donors (Lipinski definition) is 3. The molecule has 4 atom stereocenters. The van der Waals surface area contributed by atoms with Gasteiger partial charge in [0.15, 0.2) is 0 Å². The number of imidazole rings is 2. The predicted molar refractivity (Wildman–Crippen MR) is 223 cm³/mol. The number of alkyl carbamates (subject to hydrolysis) is 1. The van der Waals surface area contributed by atoms with Gasteiger partial charge in [0.05, 0.1) is 72.3 Å². The minimum Gasteiger partial charge on any atom is -0.469 e. The highest BCUT2D eigenvalue weighted by Gasteiger charge is 2.39. The molecule has 3 N–H and O–H groups in total. The fourth-order valence-electron chi connectivity index (χ4n) is 8.43. The number of aromatic amines is 2. The first kappa shape index (κ1) is 41.2. The zero-order chi connectivity index (χ0) is 42.1. The average Bonchev–Trinajstić information content (AvgIpc) is 4.06. The average molecular weight is 821 g/mol. The summed E-state index contributed by atoms with van der Waals surface area (Å²) in [5, 5.41) is 13.5. The van der Waals surface area contributed by atoms with E-state index >= 15 is 0 Å². The molecular formula is C44H49ClN8O6. The number of aromatic nitrogens is 4. The van der Waals surface area contributed by atoms with Gasteiger partial charge in [-0.15, -0.1) is 0 Å². The molecule has 59 heavy (non-hydrogen) atoms. The number of fused-ring (bicyclic) bond motifs is 2. The highest BCUT2D eigenvalue weighted by Crippen LogP contribution is 2.39. The maximum Gasteiger partial charge on any atom is 0.407 e. The van der Waals surface area contributed by atoms with E-state index in [1.54, 1.807) is 17.0 Å². The first-order chi connectivity index (χ1) is 28.3. The maximum absolute atomic E-state index is 13.7. The van der Waals surface area contributed by atoms with Gasteiger partial charge in [0.25, 0.3) is 0 Å². The zero-order valence-electron chi connectivity index (χ0n) is 34.1. The third kappa shape index (κ3) is 8.21. The third-order valence-corrected chi connectivity index (χ3v) is 12.0. The van der Waals surface area contributed by atoms with Gasteiger partial charge in [0, 0.05) is 29.2 Å². The van der Waals surface area contributed by atoms with Crippen LogP contribution in [0.15, 0.2) is 48.5 Å². The van der Waals surface area contributed by atoms with Gasteiger partial charge in [0.2, 0.25) is 11.8 Å². The molecule has 2 aliphatic rings. The summed E-state index contributed by atoms with van der Waals surface area (Å²) < 4.78 is 9.64. The van der Waals surface area contributed by atoms with E-state index < -0.39 is 24.0 Å². The molecule has 15 heteroatoms.